The van der Waals surface area contributed by atoms with E-state index >= 15 is 0 Å². The normalized spacial score (nSPS) is 12.6. The molecule has 0 aliphatic rings. The number of aromatic nitrogens is 1. The maximum absolute atomic E-state index is 12.1. The monoisotopic (exact) mass is 417 g/mol. The van der Waals surface area contributed by atoms with Gasteiger partial charge in [-0.05, 0) is 31.2 Å². The molecule has 0 aliphatic carbocycles. The number of nitrogens with zero attached hydrogens (tertiary/aromatic N) is 1. The molecular weight excluding hydrogens is 400 g/mol. The van der Waals surface area contributed by atoms with Crippen LogP contribution < -0.4 is 9.47 Å². The summed E-state index contributed by atoms with van der Waals surface area (Å²) in [4.78, 5) is 15.1. The van der Waals surface area contributed by atoms with Gasteiger partial charge in [-0.15, -0.1) is 0 Å². The summed E-state index contributed by atoms with van der Waals surface area (Å²) in [6, 6.07) is 6.39. The van der Waals surface area contributed by atoms with Crippen molar-refractivity contribution in [3.63, 3.8) is 0 Å². The Kier molecular flexibility index (Phi) is 6.86. The molecule has 1 aromatic heterocycles. The smallest absolute Gasteiger partial charge is 0.345 e. The molecule has 0 aliphatic heterocycles. The fourth-order valence-corrected chi connectivity index (χ4v) is 2.64. The van der Waals surface area contributed by atoms with Crippen molar-refractivity contribution in [3.8, 4) is 17.2 Å². The molecule has 0 fully saturated rings. The summed E-state index contributed by atoms with van der Waals surface area (Å²) in [6.07, 6.45) is 1.40. The van der Waals surface area contributed by atoms with Gasteiger partial charge in [-0.2, -0.15) is 8.78 Å². The number of rotatable bonds is 9. The van der Waals surface area contributed by atoms with Gasteiger partial charge < -0.3 is 19.3 Å². The summed E-state index contributed by atoms with van der Waals surface area (Å²) in [7, 11) is -3.47. The van der Waals surface area contributed by atoms with Gasteiger partial charge in [0.25, 0.3) is 0 Å². The minimum atomic E-state index is -3.47. The van der Waals surface area contributed by atoms with Crippen LogP contribution in [-0.2, 0) is 14.6 Å². The number of halogens is 2. The molecule has 8 nitrogen and oxygen atoms in total. The largest absolute Gasteiger partial charge is 0.488 e. The molecule has 0 spiro atoms. The van der Waals surface area contributed by atoms with Crippen molar-refractivity contribution in [3.05, 3.63) is 42.1 Å². The Morgan fingerprint density at radius 1 is 1.18 bits per heavy atom. The third-order valence-corrected chi connectivity index (χ3v) is 4.25. The lowest BCUT2D eigenvalue weighted by Gasteiger charge is -2.16. The Hall–Kier alpha value is -2.79. The number of carboxylic acid groups (broad SMARTS) is 1. The minimum absolute atomic E-state index is 0.0704. The van der Waals surface area contributed by atoms with Crippen LogP contribution in [0.2, 0.25) is 0 Å². The second-order valence-corrected chi connectivity index (χ2v) is 7.69. The highest BCUT2D eigenvalue weighted by Crippen LogP contribution is 2.28. The Morgan fingerprint density at radius 2 is 1.86 bits per heavy atom. The van der Waals surface area contributed by atoms with E-state index in [-0.39, 0.29) is 27.8 Å². The first-order chi connectivity index (χ1) is 13.0. The number of benzene rings is 1. The molecule has 0 bridgehead atoms. The van der Waals surface area contributed by atoms with Crippen molar-refractivity contribution in [2.75, 3.05) is 12.9 Å². The van der Waals surface area contributed by atoms with Gasteiger partial charge in [0.2, 0.25) is 0 Å². The van der Waals surface area contributed by atoms with Crippen LogP contribution in [0.1, 0.15) is 17.3 Å². The molecule has 11 heteroatoms. The van der Waals surface area contributed by atoms with Crippen molar-refractivity contribution in [1.29, 1.82) is 0 Å². The minimum Gasteiger partial charge on any atom is -0.488 e. The number of sulfone groups is 1. The predicted octanol–water partition coefficient (Wildman–Crippen LogP) is 2.98. The molecule has 152 valence electrons. The molecule has 1 aromatic carbocycles. The second-order valence-electron chi connectivity index (χ2n) is 5.73. The average molecular weight is 417 g/mol. The molecule has 0 saturated heterocycles. The topological polar surface area (TPSA) is 112 Å². The standard InChI is InChI=1S/C17H17F2NO7S/c1-10(9-25-17(18)19)26-13-5-11(16(21)22)6-14(7-13)27-12-3-4-15(20-8-12)28(2,23)24/h3-8,10,17H,9H2,1-2H3,(H,21,22)/t10-/m0/s1. The molecule has 0 radical (unpaired) electrons. The fraction of sp³-hybridized carbons (Fsp3) is 0.294. The van der Waals surface area contributed by atoms with Crippen molar-refractivity contribution in [1.82, 2.24) is 4.98 Å². The maximum Gasteiger partial charge on any atom is 0.345 e. The van der Waals surface area contributed by atoms with E-state index in [9.17, 15) is 27.1 Å². The maximum atomic E-state index is 12.1. The van der Waals surface area contributed by atoms with Crippen molar-refractivity contribution >= 4 is 15.8 Å². The van der Waals surface area contributed by atoms with E-state index in [0.717, 1.165) is 6.26 Å². The van der Waals surface area contributed by atoms with E-state index in [2.05, 4.69) is 9.72 Å². The summed E-state index contributed by atoms with van der Waals surface area (Å²) in [5.41, 5.74) is -0.157. The quantitative estimate of drug-likeness (QED) is 0.663. The third kappa shape index (κ3) is 6.43. The molecule has 1 atom stereocenters. The highest BCUT2D eigenvalue weighted by atomic mass is 32.2. The zero-order valence-corrected chi connectivity index (χ0v) is 15.7. The van der Waals surface area contributed by atoms with Gasteiger partial charge in [0.05, 0.1) is 18.4 Å². The number of aromatic carboxylic acids is 1. The number of carboxylic acids is 1. The third-order valence-electron chi connectivity index (χ3n) is 3.25. The van der Waals surface area contributed by atoms with Crippen LogP contribution in [0, 0.1) is 0 Å². The Balaban J connectivity index is 2.21. The predicted molar refractivity (Wildman–Crippen MR) is 92.9 cm³/mol. The van der Waals surface area contributed by atoms with Crippen molar-refractivity contribution < 1.29 is 41.3 Å². The van der Waals surface area contributed by atoms with Crippen LogP contribution in [0.3, 0.4) is 0 Å². The molecule has 1 heterocycles. The first kappa shape index (κ1) is 21.5. The van der Waals surface area contributed by atoms with E-state index in [1.54, 1.807) is 0 Å². The summed E-state index contributed by atoms with van der Waals surface area (Å²) >= 11 is 0. The lowest BCUT2D eigenvalue weighted by atomic mass is 10.2. The van der Waals surface area contributed by atoms with Crippen molar-refractivity contribution in [2.45, 2.75) is 24.7 Å². The Morgan fingerprint density at radius 3 is 2.39 bits per heavy atom. The van der Waals surface area contributed by atoms with E-state index < -0.39 is 35.1 Å². The molecule has 2 rings (SSSR count). The van der Waals surface area contributed by atoms with Gasteiger partial charge in [-0.25, -0.2) is 18.2 Å². The van der Waals surface area contributed by atoms with Gasteiger partial charge in [-0.1, -0.05) is 0 Å². The molecule has 0 unspecified atom stereocenters. The number of ether oxygens (including phenoxy) is 3. The molecule has 2 aromatic rings. The number of pyridine rings is 1. The Labute approximate surface area is 159 Å². The van der Waals surface area contributed by atoms with E-state index in [1.807, 2.05) is 0 Å². The molecule has 1 N–H and O–H groups in total. The van der Waals surface area contributed by atoms with Crippen LogP contribution in [0.25, 0.3) is 0 Å². The molecule has 0 amide bonds. The zero-order chi connectivity index (χ0) is 20.9. The summed E-state index contributed by atoms with van der Waals surface area (Å²) < 4.78 is 62.1. The number of hydrogen-bond acceptors (Lipinski definition) is 7. The average Bonchev–Trinajstić information content (AvgIpc) is 2.59. The number of carbonyl (C=O) groups is 1. The van der Waals surface area contributed by atoms with Crippen LogP contribution in [0.15, 0.2) is 41.6 Å². The molecule has 28 heavy (non-hydrogen) atoms. The highest BCUT2D eigenvalue weighted by molar-refractivity contribution is 7.90. The van der Waals surface area contributed by atoms with Gasteiger partial charge in [0, 0.05) is 12.3 Å². The van der Waals surface area contributed by atoms with Gasteiger partial charge in [-0.3, -0.25) is 0 Å². The first-order valence-corrected chi connectivity index (χ1v) is 9.72. The van der Waals surface area contributed by atoms with Crippen molar-refractivity contribution in [2.24, 2.45) is 0 Å². The summed E-state index contributed by atoms with van der Waals surface area (Å²) in [5.74, 6) is -0.945. The van der Waals surface area contributed by atoms with Gasteiger partial charge in [0.1, 0.15) is 23.4 Å². The van der Waals surface area contributed by atoms with E-state index in [1.165, 1.54) is 43.5 Å². The summed E-state index contributed by atoms with van der Waals surface area (Å²) in [6.45, 7) is -1.87. The van der Waals surface area contributed by atoms with Gasteiger partial charge in [0.15, 0.2) is 14.9 Å². The number of hydrogen-bond donors (Lipinski definition) is 1. The van der Waals surface area contributed by atoms with E-state index in [0.29, 0.717) is 0 Å². The van der Waals surface area contributed by atoms with Crippen LogP contribution in [-0.4, -0.2) is 50.1 Å². The first-order valence-electron chi connectivity index (χ1n) is 7.83. The van der Waals surface area contributed by atoms with Crippen LogP contribution in [0.4, 0.5) is 8.78 Å². The fourth-order valence-electron chi connectivity index (χ4n) is 2.08. The second kappa shape index (κ2) is 8.93. The Bertz CT molecular complexity index is 933. The lowest BCUT2D eigenvalue weighted by molar-refractivity contribution is -0.142. The highest BCUT2D eigenvalue weighted by Gasteiger charge is 2.14. The van der Waals surface area contributed by atoms with Crippen LogP contribution in [0.5, 0.6) is 17.2 Å². The SMILES string of the molecule is C[C@@H](COC(F)F)Oc1cc(Oc2ccc(S(C)(=O)=O)nc2)cc(C(=O)O)c1. The lowest BCUT2D eigenvalue weighted by Crippen LogP contribution is -2.21. The summed E-state index contributed by atoms with van der Waals surface area (Å²) in [5, 5.41) is 9.08. The van der Waals surface area contributed by atoms with Gasteiger partial charge >= 0.3 is 12.6 Å². The zero-order valence-electron chi connectivity index (χ0n) is 14.8. The molecule has 0 saturated carbocycles. The molecular formula is C17H17F2NO7S. The van der Waals surface area contributed by atoms with E-state index in [4.69, 9.17) is 9.47 Å². The number of alkyl halides is 2. The van der Waals surface area contributed by atoms with Crippen LogP contribution >= 0.6 is 0 Å².